The molecule has 2 aliphatic rings. The van der Waals surface area contributed by atoms with Crippen LogP contribution >= 0.6 is 0 Å². The summed E-state index contributed by atoms with van der Waals surface area (Å²) in [5, 5.41) is 2.48. The molecule has 0 radical (unpaired) electrons. The van der Waals surface area contributed by atoms with Gasteiger partial charge in [-0.2, -0.15) is 0 Å². The number of nitrogens with zero attached hydrogens (tertiary/aromatic N) is 4. The number of benzene rings is 3. The van der Waals surface area contributed by atoms with Crippen LogP contribution in [0.4, 0.5) is 10.5 Å². The van der Waals surface area contributed by atoms with E-state index >= 15 is 0 Å². The largest absolute Gasteiger partial charge is 0.351 e. The number of urea groups is 1. The molecule has 2 fully saturated rings. The van der Waals surface area contributed by atoms with E-state index in [0.717, 1.165) is 30.2 Å². The van der Waals surface area contributed by atoms with E-state index in [0.29, 0.717) is 19.5 Å². The lowest BCUT2D eigenvalue weighted by Crippen LogP contribution is -2.56. The molecule has 4 amide bonds. The second-order valence-electron chi connectivity index (χ2n) is 9.65. The molecule has 0 aromatic heterocycles. The molecule has 0 unspecified atom stereocenters. The van der Waals surface area contributed by atoms with Gasteiger partial charge in [0, 0.05) is 32.4 Å². The van der Waals surface area contributed by atoms with Crippen LogP contribution in [-0.4, -0.2) is 71.4 Å². The molecule has 2 aliphatic heterocycles. The first kappa shape index (κ1) is 23.8. The molecule has 0 saturated carbocycles. The highest BCUT2D eigenvalue weighted by Gasteiger charge is 2.54. The fourth-order valence-corrected chi connectivity index (χ4v) is 5.47. The van der Waals surface area contributed by atoms with Crippen LogP contribution in [0.5, 0.6) is 0 Å². The molecule has 2 heterocycles. The monoisotopic (exact) mass is 485 g/mol. The Balaban J connectivity index is 1.36. The number of carbonyl (C=O) groups excluding carboxylic acids is 3. The minimum Gasteiger partial charge on any atom is -0.351 e. The lowest BCUT2D eigenvalue weighted by atomic mass is 9.85. The number of anilines is 1. The number of primary amides is 1. The molecule has 8 nitrogen and oxygen atoms in total. The van der Waals surface area contributed by atoms with Crippen LogP contribution in [0.2, 0.25) is 0 Å². The van der Waals surface area contributed by atoms with E-state index in [9.17, 15) is 14.4 Å². The molecular formula is C28H31N5O3. The molecule has 3 aromatic rings. The summed E-state index contributed by atoms with van der Waals surface area (Å²) in [6.07, 6.45) is 1.31. The van der Waals surface area contributed by atoms with E-state index in [-0.39, 0.29) is 12.5 Å². The summed E-state index contributed by atoms with van der Waals surface area (Å²) in [4.78, 5) is 44.8. The molecule has 3 aromatic carbocycles. The van der Waals surface area contributed by atoms with Gasteiger partial charge in [0.25, 0.3) is 0 Å². The van der Waals surface area contributed by atoms with Crippen LogP contribution in [0.25, 0.3) is 10.8 Å². The molecule has 0 aliphatic carbocycles. The number of carbonyl (C=O) groups is 3. The van der Waals surface area contributed by atoms with Gasteiger partial charge < -0.3 is 15.5 Å². The van der Waals surface area contributed by atoms with Crippen molar-refractivity contribution in [3.8, 4) is 0 Å². The highest BCUT2D eigenvalue weighted by atomic mass is 16.2. The Morgan fingerprint density at radius 3 is 2.33 bits per heavy atom. The fourth-order valence-electron chi connectivity index (χ4n) is 5.47. The summed E-state index contributed by atoms with van der Waals surface area (Å²) in [6, 6.07) is 23.8. The first-order valence-corrected chi connectivity index (χ1v) is 12.3. The molecule has 0 bridgehead atoms. The third kappa shape index (κ3) is 4.28. The number of amides is 4. The first-order valence-electron chi connectivity index (χ1n) is 12.3. The molecule has 2 N–H and O–H groups in total. The van der Waals surface area contributed by atoms with E-state index in [2.05, 4.69) is 52.3 Å². The van der Waals surface area contributed by atoms with Crippen molar-refractivity contribution in [3.63, 3.8) is 0 Å². The standard InChI is InChI=1S/C28H31N5O3/c1-30(27(29)36)25(34)19-32-20-33(23-11-3-2-4-12-23)28(26(32)35)14-16-31(17-15-28)18-22-10-7-9-21-8-5-6-13-24(21)22/h2-13H,14-20H2,1H3,(H2,29,36). The van der Waals surface area contributed by atoms with Crippen molar-refractivity contribution in [2.75, 3.05) is 38.3 Å². The van der Waals surface area contributed by atoms with Gasteiger partial charge in [0.05, 0.1) is 6.67 Å². The number of nitrogens with two attached hydrogens (primary N) is 1. The van der Waals surface area contributed by atoms with Crippen LogP contribution in [0.3, 0.4) is 0 Å². The average Bonchev–Trinajstić information content (AvgIpc) is 3.16. The zero-order valence-corrected chi connectivity index (χ0v) is 20.5. The molecule has 8 heteroatoms. The normalized spacial score (nSPS) is 17.6. The maximum atomic E-state index is 13.8. The van der Waals surface area contributed by atoms with Crippen LogP contribution in [0.1, 0.15) is 18.4 Å². The minimum atomic E-state index is -0.831. The molecule has 1 spiro atoms. The summed E-state index contributed by atoms with van der Waals surface area (Å²) in [5.74, 6) is -0.559. The van der Waals surface area contributed by atoms with Gasteiger partial charge >= 0.3 is 6.03 Å². The van der Waals surface area contributed by atoms with Crippen LogP contribution in [0, 0.1) is 0 Å². The van der Waals surface area contributed by atoms with Gasteiger partial charge in [0.1, 0.15) is 12.1 Å². The molecule has 5 rings (SSSR count). The van der Waals surface area contributed by atoms with E-state index in [1.54, 1.807) is 4.90 Å². The maximum Gasteiger partial charge on any atom is 0.321 e. The first-order chi connectivity index (χ1) is 17.4. The van der Waals surface area contributed by atoms with Crippen molar-refractivity contribution in [3.05, 3.63) is 78.4 Å². The number of hydrogen-bond acceptors (Lipinski definition) is 5. The zero-order chi connectivity index (χ0) is 25.3. The van der Waals surface area contributed by atoms with Crippen LogP contribution in [-0.2, 0) is 16.1 Å². The molecule has 0 atom stereocenters. The van der Waals surface area contributed by atoms with Crippen molar-refractivity contribution in [2.45, 2.75) is 24.9 Å². The number of piperidine rings is 1. The second kappa shape index (κ2) is 9.62. The summed E-state index contributed by atoms with van der Waals surface area (Å²) >= 11 is 0. The Hall–Kier alpha value is -3.91. The summed E-state index contributed by atoms with van der Waals surface area (Å²) in [5.41, 5.74) is 6.77. The number of rotatable bonds is 5. The van der Waals surface area contributed by atoms with Crippen molar-refractivity contribution < 1.29 is 14.4 Å². The van der Waals surface area contributed by atoms with Gasteiger partial charge in [-0.15, -0.1) is 0 Å². The summed E-state index contributed by atoms with van der Waals surface area (Å²) < 4.78 is 0. The Morgan fingerprint density at radius 1 is 0.944 bits per heavy atom. The fraction of sp³-hybridized carbons (Fsp3) is 0.321. The number of hydrogen-bond donors (Lipinski definition) is 1. The van der Waals surface area contributed by atoms with Gasteiger partial charge in [0.15, 0.2) is 0 Å². The Kier molecular flexibility index (Phi) is 6.36. The third-order valence-electron chi connectivity index (χ3n) is 7.57. The summed E-state index contributed by atoms with van der Waals surface area (Å²) in [7, 11) is 1.34. The second-order valence-corrected chi connectivity index (χ2v) is 9.65. The van der Waals surface area contributed by atoms with Crippen LogP contribution < -0.4 is 10.6 Å². The number of likely N-dealkylation sites (tertiary alicyclic amines) is 1. The average molecular weight is 486 g/mol. The zero-order valence-electron chi connectivity index (χ0n) is 20.5. The van der Waals surface area contributed by atoms with Crippen molar-refractivity contribution in [2.24, 2.45) is 5.73 Å². The lowest BCUT2D eigenvalue weighted by molar-refractivity contribution is -0.139. The summed E-state index contributed by atoms with van der Waals surface area (Å²) in [6.45, 7) is 2.47. The Bertz CT molecular complexity index is 1280. The van der Waals surface area contributed by atoms with Gasteiger partial charge in [-0.05, 0) is 41.3 Å². The highest BCUT2D eigenvalue weighted by molar-refractivity contribution is 5.99. The van der Waals surface area contributed by atoms with E-state index in [1.165, 1.54) is 23.4 Å². The molecule has 2 saturated heterocycles. The third-order valence-corrected chi connectivity index (χ3v) is 7.57. The van der Waals surface area contributed by atoms with Gasteiger partial charge in [-0.1, -0.05) is 60.7 Å². The molecular weight excluding hydrogens is 454 g/mol. The minimum absolute atomic E-state index is 0.0672. The number of fused-ring (bicyclic) bond motifs is 1. The number of imide groups is 1. The quantitative estimate of drug-likeness (QED) is 0.600. The Labute approximate surface area is 210 Å². The smallest absolute Gasteiger partial charge is 0.321 e. The predicted octanol–water partition coefficient (Wildman–Crippen LogP) is 3.02. The van der Waals surface area contributed by atoms with Crippen molar-refractivity contribution >= 4 is 34.3 Å². The molecule has 36 heavy (non-hydrogen) atoms. The lowest BCUT2D eigenvalue weighted by Gasteiger charge is -2.43. The molecule has 186 valence electrons. The van der Waals surface area contributed by atoms with Crippen molar-refractivity contribution in [1.82, 2.24) is 14.7 Å². The SMILES string of the molecule is CN(C(N)=O)C(=O)CN1CN(c2ccccc2)C2(CCN(Cc3cccc4ccccc34)CC2)C1=O. The van der Waals surface area contributed by atoms with Gasteiger partial charge in [-0.25, -0.2) is 4.79 Å². The van der Waals surface area contributed by atoms with E-state index in [1.807, 2.05) is 30.3 Å². The Morgan fingerprint density at radius 2 is 1.61 bits per heavy atom. The number of likely N-dealkylation sites (N-methyl/N-ethyl adjacent to an activating group) is 1. The van der Waals surface area contributed by atoms with Crippen LogP contribution in [0.15, 0.2) is 72.8 Å². The predicted molar refractivity (Wildman–Crippen MR) is 139 cm³/mol. The van der Waals surface area contributed by atoms with Gasteiger partial charge in [0.2, 0.25) is 11.8 Å². The number of para-hydroxylation sites is 1. The van der Waals surface area contributed by atoms with E-state index in [4.69, 9.17) is 5.73 Å². The highest BCUT2D eigenvalue weighted by Crippen LogP contribution is 2.40. The maximum absolute atomic E-state index is 13.8. The van der Waals surface area contributed by atoms with E-state index < -0.39 is 17.5 Å². The van der Waals surface area contributed by atoms with Gasteiger partial charge in [-0.3, -0.25) is 19.4 Å². The van der Waals surface area contributed by atoms with Crippen molar-refractivity contribution in [1.29, 1.82) is 0 Å². The topological polar surface area (TPSA) is 90.2 Å².